The highest BCUT2D eigenvalue weighted by molar-refractivity contribution is 6.06. The van der Waals surface area contributed by atoms with Gasteiger partial charge in [-0.2, -0.15) is 5.26 Å². The molecule has 0 spiro atoms. The Labute approximate surface area is 159 Å². The fourth-order valence-corrected chi connectivity index (χ4v) is 2.68. The Morgan fingerprint density at radius 1 is 1.22 bits per heavy atom. The summed E-state index contributed by atoms with van der Waals surface area (Å²) in [6, 6.07) is 14.1. The summed E-state index contributed by atoms with van der Waals surface area (Å²) >= 11 is 0. The number of hydrogen-bond acceptors (Lipinski definition) is 5. The third-order valence-corrected chi connectivity index (χ3v) is 4.18. The number of aromatic hydroxyl groups is 1. The molecule has 0 aromatic heterocycles. The van der Waals surface area contributed by atoms with E-state index in [9.17, 15) is 15.2 Å². The largest absolute Gasteiger partial charge is 0.508 e. The molecule has 1 amide bonds. The van der Waals surface area contributed by atoms with E-state index < -0.39 is 5.91 Å². The molecule has 2 aromatic carbocycles. The third-order valence-electron chi connectivity index (χ3n) is 4.18. The minimum absolute atomic E-state index is 0.0392. The van der Waals surface area contributed by atoms with Gasteiger partial charge in [0.25, 0.3) is 5.91 Å². The molecule has 0 aliphatic rings. The Balaban J connectivity index is 2.12. The van der Waals surface area contributed by atoms with E-state index in [1.807, 2.05) is 25.1 Å². The van der Waals surface area contributed by atoms with Crippen LogP contribution in [0, 0.1) is 18.3 Å². The summed E-state index contributed by atoms with van der Waals surface area (Å²) in [6.07, 6.45) is 1.39. The SMILES string of the molecule is CCN(CC)c1ccc(N/C=C(/C#N)C(=O)Nc2cccc(O)c2)c(C)c1. The van der Waals surface area contributed by atoms with Crippen LogP contribution in [0.15, 0.2) is 54.2 Å². The molecule has 0 aliphatic heterocycles. The summed E-state index contributed by atoms with van der Waals surface area (Å²) in [7, 11) is 0. The average Bonchev–Trinajstić information content (AvgIpc) is 2.64. The zero-order chi connectivity index (χ0) is 19.8. The molecule has 0 saturated heterocycles. The molecule has 0 fully saturated rings. The molecule has 2 rings (SSSR count). The van der Waals surface area contributed by atoms with Crippen LogP contribution in [0.2, 0.25) is 0 Å². The first-order valence-electron chi connectivity index (χ1n) is 8.81. The molecule has 0 heterocycles. The number of carbonyl (C=O) groups excluding carboxylic acids is 1. The first-order valence-corrected chi connectivity index (χ1v) is 8.81. The van der Waals surface area contributed by atoms with Crippen LogP contribution < -0.4 is 15.5 Å². The standard InChI is InChI=1S/C21H24N4O2/c1-4-25(5-2)18-9-10-20(15(3)11-18)23-14-16(13-22)21(27)24-17-7-6-8-19(26)12-17/h6-12,14,23,26H,4-5H2,1-3H3,(H,24,27)/b16-14-. The molecule has 0 aliphatic carbocycles. The molecule has 0 unspecified atom stereocenters. The number of nitrogens with one attached hydrogen (secondary N) is 2. The van der Waals surface area contributed by atoms with Crippen LogP contribution in [0.1, 0.15) is 19.4 Å². The van der Waals surface area contributed by atoms with E-state index in [-0.39, 0.29) is 11.3 Å². The number of hydrogen-bond donors (Lipinski definition) is 3. The highest BCUT2D eigenvalue weighted by atomic mass is 16.3. The maximum absolute atomic E-state index is 12.3. The van der Waals surface area contributed by atoms with E-state index in [2.05, 4.69) is 35.4 Å². The third kappa shape index (κ3) is 5.25. The van der Waals surface area contributed by atoms with Gasteiger partial charge in [-0.05, 0) is 56.7 Å². The lowest BCUT2D eigenvalue weighted by molar-refractivity contribution is -0.112. The molecule has 6 nitrogen and oxygen atoms in total. The summed E-state index contributed by atoms with van der Waals surface area (Å²) in [4.78, 5) is 14.5. The van der Waals surface area contributed by atoms with E-state index in [0.717, 1.165) is 30.0 Å². The zero-order valence-electron chi connectivity index (χ0n) is 15.8. The number of benzene rings is 2. The van der Waals surface area contributed by atoms with Gasteiger partial charge in [-0.1, -0.05) is 6.07 Å². The Morgan fingerprint density at radius 2 is 1.96 bits per heavy atom. The van der Waals surface area contributed by atoms with Gasteiger partial charge < -0.3 is 20.6 Å². The summed E-state index contributed by atoms with van der Waals surface area (Å²) in [5, 5.41) is 24.4. The van der Waals surface area contributed by atoms with Gasteiger partial charge in [0, 0.05) is 42.4 Å². The first-order chi connectivity index (χ1) is 13.0. The molecular weight excluding hydrogens is 340 g/mol. The van der Waals surface area contributed by atoms with E-state index in [1.165, 1.54) is 18.3 Å². The van der Waals surface area contributed by atoms with Gasteiger partial charge in [0.05, 0.1) is 0 Å². The predicted molar refractivity (Wildman–Crippen MR) is 109 cm³/mol. The fourth-order valence-electron chi connectivity index (χ4n) is 2.68. The number of amides is 1. The number of nitrogens with zero attached hydrogens (tertiary/aromatic N) is 2. The molecule has 0 saturated carbocycles. The zero-order valence-corrected chi connectivity index (χ0v) is 15.8. The van der Waals surface area contributed by atoms with Crippen LogP contribution in [0.3, 0.4) is 0 Å². The smallest absolute Gasteiger partial charge is 0.267 e. The summed E-state index contributed by atoms with van der Waals surface area (Å²) in [5.74, 6) is -0.509. The molecule has 0 radical (unpaired) electrons. The number of phenols is 1. The number of phenolic OH excluding ortho intramolecular Hbond substituents is 1. The molecule has 6 heteroatoms. The lowest BCUT2D eigenvalue weighted by Gasteiger charge is -2.22. The molecular formula is C21H24N4O2. The van der Waals surface area contributed by atoms with Gasteiger partial charge in [-0.15, -0.1) is 0 Å². The number of rotatable bonds is 7. The molecule has 2 aromatic rings. The van der Waals surface area contributed by atoms with E-state index in [1.54, 1.807) is 12.1 Å². The first kappa shape index (κ1) is 19.9. The van der Waals surface area contributed by atoms with Crippen molar-refractivity contribution in [2.75, 3.05) is 28.6 Å². The summed E-state index contributed by atoms with van der Waals surface area (Å²) < 4.78 is 0. The fraction of sp³-hybridized carbons (Fsp3) is 0.238. The lowest BCUT2D eigenvalue weighted by Crippen LogP contribution is -2.21. The van der Waals surface area contributed by atoms with E-state index in [4.69, 9.17) is 0 Å². The minimum atomic E-state index is -0.548. The summed E-state index contributed by atoms with van der Waals surface area (Å²) in [5.41, 5.74) is 3.32. The lowest BCUT2D eigenvalue weighted by atomic mass is 10.1. The quantitative estimate of drug-likeness (QED) is 0.510. The van der Waals surface area contributed by atoms with Crippen LogP contribution in [0.5, 0.6) is 5.75 Å². The van der Waals surface area contributed by atoms with Gasteiger partial charge >= 0.3 is 0 Å². The second kappa shape index (κ2) is 9.30. The topological polar surface area (TPSA) is 88.4 Å². The molecule has 140 valence electrons. The number of carbonyl (C=O) groups is 1. The van der Waals surface area contributed by atoms with Crippen LogP contribution >= 0.6 is 0 Å². The Bertz CT molecular complexity index is 880. The van der Waals surface area contributed by atoms with Crippen molar-refractivity contribution < 1.29 is 9.90 Å². The predicted octanol–water partition coefficient (Wildman–Crippen LogP) is 4.00. The number of nitriles is 1. The van der Waals surface area contributed by atoms with E-state index in [0.29, 0.717) is 5.69 Å². The van der Waals surface area contributed by atoms with Gasteiger partial charge in [0.1, 0.15) is 17.4 Å². The van der Waals surface area contributed by atoms with Crippen LogP contribution in [0.25, 0.3) is 0 Å². The van der Waals surface area contributed by atoms with E-state index >= 15 is 0 Å². The van der Waals surface area contributed by atoms with Crippen molar-refractivity contribution in [1.82, 2.24) is 0 Å². The van der Waals surface area contributed by atoms with Crippen molar-refractivity contribution >= 4 is 23.0 Å². The minimum Gasteiger partial charge on any atom is -0.508 e. The Morgan fingerprint density at radius 3 is 2.56 bits per heavy atom. The second-order valence-corrected chi connectivity index (χ2v) is 5.99. The van der Waals surface area contributed by atoms with Gasteiger partial charge in [-0.3, -0.25) is 4.79 Å². The maximum atomic E-state index is 12.3. The van der Waals surface area contributed by atoms with Crippen LogP contribution in [-0.4, -0.2) is 24.1 Å². The maximum Gasteiger partial charge on any atom is 0.267 e. The van der Waals surface area contributed by atoms with Crippen molar-refractivity contribution in [3.8, 4) is 11.8 Å². The average molecular weight is 364 g/mol. The number of anilines is 3. The van der Waals surface area contributed by atoms with Gasteiger partial charge in [-0.25, -0.2) is 0 Å². The van der Waals surface area contributed by atoms with Crippen molar-refractivity contribution in [3.63, 3.8) is 0 Å². The molecule has 3 N–H and O–H groups in total. The van der Waals surface area contributed by atoms with Crippen LogP contribution in [-0.2, 0) is 4.79 Å². The van der Waals surface area contributed by atoms with Crippen molar-refractivity contribution in [1.29, 1.82) is 5.26 Å². The highest BCUT2D eigenvalue weighted by Crippen LogP contribution is 2.23. The second-order valence-electron chi connectivity index (χ2n) is 5.99. The normalized spacial score (nSPS) is 10.8. The van der Waals surface area contributed by atoms with Crippen molar-refractivity contribution in [3.05, 3.63) is 59.8 Å². The molecule has 0 bridgehead atoms. The van der Waals surface area contributed by atoms with Gasteiger partial charge in [0.15, 0.2) is 0 Å². The summed E-state index contributed by atoms with van der Waals surface area (Å²) in [6.45, 7) is 8.05. The highest BCUT2D eigenvalue weighted by Gasteiger charge is 2.10. The van der Waals surface area contributed by atoms with Gasteiger partial charge in [0.2, 0.25) is 0 Å². The Kier molecular flexibility index (Phi) is 6.84. The van der Waals surface area contributed by atoms with Crippen molar-refractivity contribution in [2.24, 2.45) is 0 Å². The number of aryl methyl sites for hydroxylation is 1. The van der Waals surface area contributed by atoms with Crippen molar-refractivity contribution in [2.45, 2.75) is 20.8 Å². The molecule has 27 heavy (non-hydrogen) atoms. The Hall–Kier alpha value is -3.46. The van der Waals surface area contributed by atoms with Crippen LogP contribution in [0.4, 0.5) is 17.1 Å². The molecule has 0 atom stereocenters. The monoisotopic (exact) mass is 364 g/mol.